The zero-order chi connectivity index (χ0) is 13.7. The first kappa shape index (κ1) is 13.5. The van der Waals surface area contributed by atoms with E-state index in [1.54, 1.807) is 6.33 Å². The summed E-state index contributed by atoms with van der Waals surface area (Å²) < 4.78 is 1.89. The second kappa shape index (κ2) is 4.05. The van der Waals surface area contributed by atoms with E-state index in [9.17, 15) is 5.11 Å². The van der Waals surface area contributed by atoms with Crippen LogP contribution in [0.25, 0.3) is 0 Å². The van der Waals surface area contributed by atoms with E-state index in [-0.39, 0.29) is 23.0 Å². The van der Waals surface area contributed by atoms with Crippen molar-refractivity contribution in [3.05, 3.63) is 12.2 Å². The number of hydrogen-bond donors (Lipinski definition) is 1. The second-order valence-electron chi connectivity index (χ2n) is 6.91. The Morgan fingerprint density at radius 1 is 1.28 bits per heavy atom. The fraction of sp³-hybridized carbons (Fsp3) is 0.857. The molecule has 0 spiro atoms. The van der Waals surface area contributed by atoms with E-state index in [2.05, 4.69) is 51.6 Å². The summed E-state index contributed by atoms with van der Waals surface area (Å²) in [7, 11) is 0. The van der Waals surface area contributed by atoms with Gasteiger partial charge in [0.25, 0.3) is 0 Å². The van der Waals surface area contributed by atoms with E-state index in [1.165, 1.54) is 0 Å². The van der Waals surface area contributed by atoms with Gasteiger partial charge in [-0.15, -0.1) is 0 Å². The molecule has 1 heterocycles. The lowest BCUT2D eigenvalue weighted by molar-refractivity contribution is 0.125. The van der Waals surface area contributed by atoms with Crippen LogP contribution in [-0.4, -0.2) is 26.0 Å². The van der Waals surface area contributed by atoms with Crippen molar-refractivity contribution in [1.29, 1.82) is 0 Å². The zero-order valence-electron chi connectivity index (χ0n) is 12.3. The third-order valence-electron chi connectivity index (χ3n) is 5.05. The van der Waals surface area contributed by atoms with Crippen LogP contribution in [0.3, 0.4) is 0 Å². The summed E-state index contributed by atoms with van der Waals surface area (Å²) >= 11 is 0. The van der Waals surface area contributed by atoms with E-state index >= 15 is 0 Å². The topological polar surface area (TPSA) is 50.9 Å². The summed E-state index contributed by atoms with van der Waals surface area (Å²) in [5.74, 6) is 1.22. The van der Waals surface area contributed by atoms with Crippen molar-refractivity contribution in [1.82, 2.24) is 14.8 Å². The first-order valence-corrected chi connectivity index (χ1v) is 6.76. The van der Waals surface area contributed by atoms with Gasteiger partial charge in [0, 0.05) is 12.5 Å². The van der Waals surface area contributed by atoms with Gasteiger partial charge in [-0.2, -0.15) is 5.10 Å². The number of hydrogen-bond acceptors (Lipinski definition) is 3. The minimum Gasteiger partial charge on any atom is -0.392 e. The van der Waals surface area contributed by atoms with Crippen LogP contribution in [-0.2, 0) is 6.42 Å². The van der Waals surface area contributed by atoms with Gasteiger partial charge < -0.3 is 5.11 Å². The normalized spacial score (nSPS) is 23.3. The highest BCUT2D eigenvalue weighted by Crippen LogP contribution is 2.69. The Kier molecular flexibility index (Phi) is 3.05. The smallest absolute Gasteiger partial charge is 0.138 e. The van der Waals surface area contributed by atoms with Crippen LogP contribution in [0.15, 0.2) is 6.33 Å². The molecule has 0 bridgehead atoms. The van der Waals surface area contributed by atoms with E-state index < -0.39 is 0 Å². The third kappa shape index (κ3) is 1.87. The minimum absolute atomic E-state index is 0.203. The van der Waals surface area contributed by atoms with Crippen molar-refractivity contribution in [2.24, 2.45) is 16.7 Å². The highest BCUT2D eigenvalue weighted by Gasteiger charge is 2.67. The van der Waals surface area contributed by atoms with Crippen molar-refractivity contribution in [2.75, 3.05) is 0 Å². The molecule has 0 aliphatic heterocycles. The Bertz CT molecular complexity index is 420. The average Bonchev–Trinajstić information content (AvgIpc) is 2.59. The van der Waals surface area contributed by atoms with E-state index in [0.717, 1.165) is 5.82 Å². The molecule has 102 valence electrons. The molecule has 1 aliphatic carbocycles. The molecule has 1 aromatic heterocycles. The maximum Gasteiger partial charge on any atom is 0.138 e. The van der Waals surface area contributed by atoms with Crippen molar-refractivity contribution in [3.63, 3.8) is 0 Å². The monoisotopic (exact) mass is 251 g/mol. The Morgan fingerprint density at radius 2 is 1.83 bits per heavy atom. The van der Waals surface area contributed by atoms with Crippen molar-refractivity contribution in [2.45, 2.75) is 60.1 Å². The van der Waals surface area contributed by atoms with Gasteiger partial charge in [0.1, 0.15) is 12.2 Å². The second-order valence-corrected chi connectivity index (χ2v) is 6.91. The number of aliphatic hydroxyl groups is 1. The highest BCUT2D eigenvalue weighted by molar-refractivity contribution is 5.15. The Labute approximate surface area is 109 Å². The molecule has 0 radical (unpaired) electrons. The molecule has 1 N–H and O–H groups in total. The van der Waals surface area contributed by atoms with Gasteiger partial charge in [-0.3, -0.25) is 0 Å². The van der Waals surface area contributed by atoms with Crippen LogP contribution in [0.2, 0.25) is 0 Å². The molecule has 18 heavy (non-hydrogen) atoms. The van der Waals surface area contributed by atoms with Crippen LogP contribution in [0.1, 0.15) is 53.4 Å². The molecule has 4 heteroatoms. The van der Waals surface area contributed by atoms with Gasteiger partial charge in [0.2, 0.25) is 0 Å². The Hall–Kier alpha value is -0.900. The summed E-state index contributed by atoms with van der Waals surface area (Å²) in [6.07, 6.45) is 1.83. The summed E-state index contributed by atoms with van der Waals surface area (Å²) in [6.45, 7) is 13.1. The van der Waals surface area contributed by atoms with Gasteiger partial charge in [-0.1, -0.05) is 27.7 Å². The fourth-order valence-corrected chi connectivity index (χ4v) is 3.37. The van der Waals surface area contributed by atoms with Crippen molar-refractivity contribution < 1.29 is 5.11 Å². The summed E-state index contributed by atoms with van der Waals surface area (Å²) in [5.41, 5.74) is 0.407. The van der Waals surface area contributed by atoms with Gasteiger partial charge in [0.05, 0.1) is 6.10 Å². The van der Waals surface area contributed by atoms with E-state index in [4.69, 9.17) is 0 Å². The third-order valence-corrected chi connectivity index (χ3v) is 5.05. The van der Waals surface area contributed by atoms with Gasteiger partial charge in [-0.05, 0) is 30.6 Å². The molecular weight excluding hydrogens is 226 g/mol. The SMILES string of the molecule is CC(C)n1ncnc1CC(O)C1C(C)(C)C1(C)C. The van der Waals surface area contributed by atoms with Gasteiger partial charge >= 0.3 is 0 Å². The fourth-order valence-electron chi connectivity index (χ4n) is 3.37. The maximum absolute atomic E-state index is 10.5. The molecule has 1 atom stereocenters. The Balaban J connectivity index is 2.09. The molecule has 4 nitrogen and oxygen atoms in total. The highest BCUT2D eigenvalue weighted by atomic mass is 16.3. The molecule has 1 fully saturated rings. The summed E-state index contributed by atoms with van der Waals surface area (Å²) in [4.78, 5) is 4.27. The first-order valence-electron chi connectivity index (χ1n) is 6.76. The first-order chi connectivity index (χ1) is 8.19. The molecule has 1 aromatic rings. The van der Waals surface area contributed by atoms with E-state index in [0.29, 0.717) is 12.3 Å². The predicted molar refractivity (Wildman–Crippen MR) is 71.2 cm³/mol. The molecular formula is C14H25N3O. The summed E-state index contributed by atoms with van der Waals surface area (Å²) in [5, 5.41) is 14.7. The lowest BCUT2D eigenvalue weighted by Gasteiger charge is -2.14. The Morgan fingerprint density at radius 3 is 2.28 bits per heavy atom. The lowest BCUT2D eigenvalue weighted by atomic mass is 10.0. The minimum atomic E-state index is -0.336. The number of nitrogens with zero attached hydrogens (tertiary/aromatic N) is 3. The van der Waals surface area contributed by atoms with Crippen LogP contribution >= 0.6 is 0 Å². The zero-order valence-corrected chi connectivity index (χ0v) is 12.3. The molecule has 0 amide bonds. The average molecular weight is 251 g/mol. The molecule has 2 rings (SSSR count). The maximum atomic E-state index is 10.5. The molecule has 1 unspecified atom stereocenters. The van der Waals surface area contributed by atoms with Crippen molar-refractivity contribution >= 4 is 0 Å². The standard InChI is InChI=1S/C14H25N3O/c1-9(2)17-11(15-8-16-17)7-10(18)12-13(3,4)14(12,5)6/h8-10,12,18H,7H2,1-6H3. The van der Waals surface area contributed by atoms with Crippen molar-refractivity contribution in [3.8, 4) is 0 Å². The summed E-state index contributed by atoms with van der Waals surface area (Å²) in [6, 6.07) is 0.287. The molecule has 1 aliphatic rings. The number of aliphatic hydroxyl groups excluding tert-OH is 1. The largest absolute Gasteiger partial charge is 0.392 e. The lowest BCUT2D eigenvalue weighted by Crippen LogP contribution is -2.21. The quantitative estimate of drug-likeness (QED) is 0.894. The number of aromatic nitrogens is 3. The predicted octanol–water partition coefficient (Wildman–Crippen LogP) is 2.44. The molecule has 0 aromatic carbocycles. The number of rotatable bonds is 4. The van der Waals surface area contributed by atoms with Crippen LogP contribution in [0.5, 0.6) is 0 Å². The van der Waals surface area contributed by atoms with E-state index in [1.807, 2.05) is 4.68 Å². The van der Waals surface area contributed by atoms with Gasteiger partial charge in [-0.25, -0.2) is 9.67 Å². The molecule has 0 saturated heterocycles. The van der Waals surface area contributed by atoms with Crippen LogP contribution in [0, 0.1) is 16.7 Å². The van der Waals surface area contributed by atoms with Crippen LogP contribution < -0.4 is 0 Å². The van der Waals surface area contributed by atoms with Gasteiger partial charge in [0.15, 0.2) is 0 Å². The van der Waals surface area contributed by atoms with Crippen LogP contribution in [0.4, 0.5) is 0 Å². The molecule has 1 saturated carbocycles.